The molecule has 0 amide bonds. The molecule has 0 aliphatic carbocycles. The maximum Gasteiger partial charge on any atom is 0.331 e. The Hall–Kier alpha value is -1.68. The van der Waals surface area contributed by atoms with E-state index in [4.69, 9.17) is 5.11 Å². The van der Waals surface area contributed by atoms with Gasteiger partial charge in [-0.1, -0.05) is 18.2 Å². The van der Waals surface area contributed by atoms with Crippen LogP contribution >= 0.6 is 0 Å². The summed E-state index contributed by atoms with van der Waals surface area (Å²) in [4.78, 5) is 11.0. The third-order valence-corrected chi connectivity index (χ3v) is 2.67. The third-order valence-electron chi connectivity index (χ3n) is 2.67. The Morgan fingerprint density at radius 2 is 2.12 bits per heavy atom. The lowest BCUT2D eigenvalue weighted by atomic mass is 9.95. The quantitative estimate of drug-likeness (QED) is 0.798. The lowest BCUT2D eigenvalue weighted by Crippen LogP contribution is -2.27. The maximum atomic E-state index is 13.6. The lowest BCUT2D eigenvalue weighted by molar-refractivity contribution is -0.132. The van der Waals surface area contributed by atoms with Gasteiger partial charge in [-0.3, -0.25) is 0 Å². The van der Waals surface area contributed by atoms with Crippen LogP contribution < -0.4 is 5.32 Å². The number of benzene rings is 1. The first-order valence-electron chi connectivity index (χ1n) is 5.11. The van der Waals surface area contributed by atoms with Gasteiger partial charge in [0.1, 0.15) is 5.82 Å². The molecule has 1 aromatic carbocycles. The molecule has 1 aromatic rings. The van der Waals surface area contributed by atoms with Crippen molar-refractivity contribution in [2.75, 3.05) is 13.1 Å². The zero-order valence-electron chi connectivity index (χ0n) is 8.66. The molecule has 3 nitrogen and oxygen atoms in total. The van der Waals surface area contributed by atoms with E-state index in [2.05, 4.69) is 5.32 Å². The first-order chi connectivity index (χ1) is 7.70. The molecule has 0 fully saturated rings. The molecule has 0 bridgehead atoms. The van der Waals surface area contributed by atoms with E-state index in [0.717, 1.165) is 0 Å². The Labute approximate surface area is 92.6 Å². The van der Waals surface area contributed by atoms with Crippen molar-refractivity contribution in [1.29, 1.82) is 0 Å². The van der Waals surface area contributed by atoms with Gasteiger partial charge in [-0.2, -0.15) is 0 Å². The van der Waals surface area contributed by atoms with Gasteiger partial charge in [0.25, 0.3) is 0 Å². The summed E-state index contributed by atoms with van der Waals surface area (Å²) in [5, 5.41) is 12.1. The Morgan fingerprint density at radius 1 is 1.38 bits per heavy atom. The van der Waals surface area contributed by atoms with Gasteiger partial charge in [0.05, 0.1) is 0 Å². The Kier molecular flexibility index (Phi) is 3.01. The molecule has 1 heterocycles. The number of hydrogen-bond acceptors (Lipinski definition) is 2. The number of rotatable bonds is 2. The molecule has 0 aromatic heterocycles. The second-order valence-electron chi connectivity index (χ2n) is 3.67. The van der Waals surface area contributed by atoms with Crippen molar-refractivity contribution in [2.24, 2.45) is 0 Å². The number of halogens is 1. The van der Waals surface area contributed by atoms with Crippen molar-refractivity contribution < 1.29 is 14.3 Å². The molecule has 84 valence electrons. The van der Waals surface area contributed by atoms with Crippen LogP contribution in [0.15, 0.2) is 29.8 Å². The molecular formula is C12H12FNO2. The number of nitrogens with one attached hydrogen (secondary N) is 1. The van der Waals surface area contributed by atoms with E-state index in [1.807, 2.05) is 0 Å². The van der Waals surface area contributed by atoms with Gasteiger partial charge in [-0.05, 0) is 24.6 Å². The van der Waals surface area contributed by atoms with E-state index in [9.17, 15) is 9.18 Å². The highest BCUT2D eigenvalue weighted by molar-refractivity contribution is 5.97. The molecule has 1 aliphatic heterocycles. The number of carbonyl (C=O) groups is 1. The molecule has 0 saturated carbocycles. The van der Waals surface area contributed by atoms with E-state index in [-0.39, 0.29) is 5.82 Å². The molecule has 0 unspecified atom stereocenters. The average molecular weight is 221 g/mol. The fourth-order valence-electron chi connectivity index (χ4n) is 1.88. The predicted molar refractivity (Wildman–Crippen MR) is 58.4 cm³/mol. The van der Waals surface area contributed by atoms with Crippen LogP contribution in [0.5, 0.6) is 0 Å². The molecule has 4 heteroatoms. The van der Waals surface area contributed by atoms with Crippen molar-refractivity contribution in [2.45, 2.75) is 6.42 Å². The molecule has 2 rings (SSSR count). The molecule has 16 heavy (non-hydrogen) atoms. The lowest BCUT2D eigenvalue weighted by Gasteiger charge is -2.19. The molecule has 1 aliphatic rings. The first kappa shape index (κ1) is 10.8. The minimum absolute atomic E-state index is 0.309. The predicted octanol–water partition coefficient (Wildman–Crippen LogP) is 1.66. The van der Waals surface area contributed by atoms with Crippen molar-refractivity contribution in [3.8, 4) is 0 Å². The standard InChI is InChI=1S/C12H12FNO2/c13-11-4-2-1-3-8(11)10-7-14-6-5-9(10)12(15)16/h1-4,14H,5-7H2,(H,15,16). The van der Waals surface area contributed by atoms with Crippen LogP contribution in [0.25, 0.3) is 5.57 Å². The Bertz CT molecular complexity index is 454. The number of hydrogen-bond donors (Lipinski definition) is 2. The van der Waals surface area contributed by atoms with Crippen LogP contribution in [0.4, 0.5) is 4.39 Å². The van der Waals surface area contributed by atoms with Crippen molar-refractivity contribution in [1.82, 2.24) is 5.32 Å². The normalized spacial score (nSPS) is 16.3. The van der Waals surface area contributed by atoms with E-state index in [0.29, 0.717) is 36.2 Å². The fourth-order valence-corrected chi connectivity index (χ4v) is 1.88. The summed E-state index contributed by atoms with van der Waals surface area (Å²) in [5.41, 5.74) is 1.24. The summed E-state index contributed by atoms with van der Waals surface area (Å²) >= 11 is 0. The summed E-state index contributed by atoms with van der Waals surface area (Å²) in [6.07, 6.45) is 0.430. The largest absolute Gasteiger partial charge is 0.478 e. The minimum Gasteiger partial charge on any atom is -0.478 e. The second kappa shape index (κ2) is 4.45. The van der Waals surface area contributed by atoms with E-state index >= 15 is 0 Å². The summed E-state index contributed by atoms with van der Waals surface area (Å²) in [6.45, 7) is 1.03. The van der Waals surface area contributed by atoms with Gasteiger partial charge < -0.3 is 10.4 Å². The topological polar surface area (TPSA) is 49.3 Å². The van der Waals surface area contributed by atoms with E-state index in [1.54, 1.807) is 18.2 Å². The van der Waals surface area contributed by atoms with Crippen LogP contribution in [-0.2, 0) is 4.79 Å². The van der Waals surface area contributed by atoms with Crippen LogP contribution in [-0.4, -0.2) is 24.2 Å². The molecule has 0 radical (unpaired) electrons. The zero-order valence-corrected chi connectivity index (χ0v) is 8.66. The molecule has 0 atom stereocenters. The number of carboxylic acids is 1. The first-order valence-corrected chi connectivity index (χ1v) is 5.11. The zero-order chi connectivity index (χ0) is 11.5. The average Bonchev–Trinajstić information content (AvgIpc) is 2.29. The van der Waals surface area contributed by atoms with Crippen molar-refractivity contribution in [3.63, 3.8) is 0 Å². The summed E-state index contributed by atoms with van der Waals surface area (Å²) in [7, 11) is 0. The third kappa shape index (κ3) is 1.97. The SMILES string of the molecule is O=C(O)C1=C(c2ccccc2F)CNCC1. The van der Waals surface area contributed by atoms with E-state index < -0.39 is 5.97 Å². The van der Waals surface area contributed by atoms with Gasteiger partial charge in [0.2, 0.25) is 0 Å². The summed E-state index contributed by atoms with van der Waals surface area (Å²) < 4.78 is 13.6. The van der Waals surface area contributed by atoms with Crippen LogP contribution in [0, 0.1) is 5.82 Å². The molecule has 0 saturated heterocycles. The maximum absolute atomic E-state index is 13.6. The minimum atomic E-state index is -0.959. The van der Waals surface area contributed by atoms with Gasteiger partial charge in [0.15, 0.2) is 0 Å². The van der Waals surface area contributed by atoms with Gasteiger partial charge in [-0.25, -0.2) is 9.18 Å². The van der Waals surface area contributed by atoms with Gasteiger partial charge in [-0.15, -0.1) is 0 Å². The van der Waals surface area contributed by atoms with Crippen LogP contribution in [0.3, 0.4) is 0 Å². The van der Waals surface area contributed by atoms with E-state index in [1.165, 1.54) is 6.07 Å². The Balaban J connectivity index is 2.52. The van der Waals surface area contributed by atoms with Crippen molar-refractivity contribution in [3.05, 3.63) is 41.2 Å². The molecule has 2 N–H and O–H groups in total. The summed E-state index contributed by atoms with van der Waals surface area (Å²) in [5.74, 6) is -1.33. The molecular weight excluding hydrogens is 209 g/mol. The van der Waals surface area contributed by atoms with Crippen LogP contribution in [0.2, 0.25) is 0 Å². The summed E-state index contributed by atoms with van der Waals surface area (Å²) in [6, 6.07) is 6.26. The van der Waals surface area contributed by atoms with Gasteiger partial charge in [0, 0.05) is 17.7 Å². The fraction of sp³-hybridized carbons (Fsp3) is 0.250. The highest BCUT2D eigenvalue weighted by atomic mass is 19.1. The number of carboxylic acid groups (broad SMARTS) is 1. The second-order valence-corrected chi connectivity index (χ2v) is 3.67. The monoisotopic (exact) mass is 221 g/mol. The number of aliphatic carboxylic acids is 1. The van der Waals surface area contributed by atoms with Gasteiger partial charge >= 0.3 is 5.97 Å². The Morgan fingerprint density at radius 3 is 2.81 bits per heavy atom. The van der Waals surface area contributed by atoms with Crippen LogP contribution in [0.1, 0.15) is 12.0 Å². The smallest absolute Gasteiger partial charge is 0.331 e. The highest BCUT2D eigenvalue weighted by Gasteiger charge is 2.20. The molecule has 0 spiro atoms. The highest BCUT2D eigenvalue weighted by Crippen LogP contribution is 2.25. The van der Waals surface area contributed by atoms with Crippen molar-refractivity contribution >= 4 is 11.5 Å².